The molecule has 0 spiro atoms. The van der Waals surface area contributed by atoms with Gasteiger partial charge < -0.3 is 0 Å². The van der Waals surface area contributed by atoms with Crippen molar-refractivity contribution in [1.29, 1.82) is 0 Å². The third-order valence-electron chi connectivity index (χ3n) is 3.65. The molecule has 0 aromatic heterocycles. The van der Waals surface area contributed by atoms with Crippen molar-refractivity contribution >= 4 is 28.1 Å². The van der Waals surface area contributed by atoms with Crippen LogP contribution < -0.4 is 4.72 Å². The first kappa shape index (κ1) is 15.5. The quantitative estimate of drug-likeness (QED) is 0.694. The van der Waals surface area contributed by atoms with Gasteiger partial charge in [-0.25, -0.2) is 4.21 Å². The first-order valence-electron chi connectivity index (χ1n) is 7.31. The number of rotatable bonds is 5. The van der Waals surface area contributed by atoms with E-state index in [0.717, 1.165) is 12.0 Å². The highest BCUT2D eigenvalue weighted by Gasteiger charge is 1.99. The first-order chi connectivity index (χ1) is 11.2. The van der Waals surface area contributed by atoms with Crippen molar-refractivity contribution in [2.24, 2.45) is 0 Å². The summed E-state index contributed by atoms with van der Waals surface area (Å²) in [6, 6.07) is 23.0. The zero-order valence-electron chi connectivity index (χ0n) is 12.5. The topological polar surface area (TPSA) is 49.3 Å². The maximum Gasteiger partial charge on any atom is 0.258 e. The fourth-order valence-electron chi connectivity index (χ4n) is 2.52. The molecule has 1 unspecified atom stereocenters. The molecule has 0 fully saturated rings. The van der Waals surface area contributed by atoms with Crippen molar-refractivity contribution < 1.29 is 8.76 Å². The fourth-order valence-corrected chi connectivity index (χ4v) is 2.70. The van der Waals surface area contributed by atoms with E-state index in [1.54, 1.807) is 6.08 Å². The number of benzene rings is 3. The molecule has 116 valence electrons. The minimum absolute atomic E-state index is 0.883. The zero-order chi connectivity index (χ0) is 16.1. The first-order valence-corrected chi connectivity index (χ1v) is 8.41. The lowest BCUT2D eigenvalue weighted by Gasteiger charge is -2.05. The lowest BCUT2D eigenvalue weighted by atomic mass is 10.0. The van der Waals surface area contributed by atoms with Crippen LogP contribution in [0.4, 0.5) is 0 Å². The normalized spacial score (nSPS) is 12.6. The maximum absolute atomic E-state index is 10.5. The Morgan fingerprint density at radius 1 is 0.913 bits per heavy atom. The van der Waals surface area contributed by atoms with Gasteiger partial charge in [-0.2, -0.15) is 0 Å². The number of fused-ring (bicyclic) bond motifs is 1. The molecule has 3 rings (SSSR count). The van der Waals surface area contributed by atoms with E-state index >= 15 is 0 Å². The van der Waals surface area contributed by atoms with Gasteiger partial charge in [0.25, 0.3) is 11.3 Å². The Balaban J connectivity index is 1.71. The Labute approximate surface area is 138 Å². The Morgan fingerprint density at radius 2 is 1.61 bits per heavy atom. The second kappa shape index (κ2) is 7.22. The van der Waals surface area contributed by atoms with Crippen molar-refractivity contribution in [3.05, 3.63) is 89.6 Å². The van der Waals surface area contributed by atoms with Gasteiger partial charge in [0, 0.05) is 6.20 Å². The molecule has 0 heterocycles. The molecular formula is C19H17NO2S. The van der Waals surface area contributed by atoms with Crippen LogP contribution in [0.25, 0.3) is 16.8 Å². The summed E-state index contributed by atoms with van der Waals surface area (Å²) < 4.78 is 21.4. The molecular weight excluding hydrogens is 306 g/mol. The van der Waals surface area contributed by atoms with Crippen LogP contribution in [0.1, 0.15) is 16.7 Å². The average molecular weight is 323 g/mol. The highest BCUT2D eigenvalue weighted by molar-refractivity contribution is 7.77. The van der Waals surface area contributed by atoms with Crippen LogP contribution in [0, 0.1) is 0 Å². The summed E-state index contributed by atoms with van der Waals surface area (Å²) in [6.07, 6.45) is 4.11. The van der Waals surface area contributed by atoms with Gasteiger partial charge in [0.1, 0.15) is 0 Å². The van der Waals surface area contributed by atoms with E-state index in [0.29, 0.717) is 0 Å². The summed E-state index contributed by atoms with van der Waals surface area (Å²) in [5.41, 5.74) is 3.49. The van der Waals surface area contributed by atoms with Crippen molar-refractivity contribution in [3.8, 4) is 0 Å². The van der Waals surface area contributed by atoms with Crippen LogP contribution in [-0.2, 0) is 17.7 Å². The Hall–Kier alpha value is -2.43. The van der Waals surface area contributed by atoms with E-state index in [1.165, 1.54) is 28.1 Å². The number of hydrogen-bond donors (Lipinski definition) is 2. The third-order valence-corrected chi connectivity index (χ3v) is 3.98. The Bertz CT molecular complexity index is 857. The second-order valence-corrected chi connectivity index (χ2v) is 6.03. The lowest BCUT2D eigenvalue weighted by molar-refractivity contribution is 0.558. The van der Waals surface area contributed by atoms with Crippen molar-refractivity contribution in [2.45, 2.75) is 6.42 Å². The van der Waals surface area contributed by atoms with Crippen molar-refractivity contribution in [3.63, 3.8) is 0 Å². The highest BCUT2D eigenvalue weighted by Crippen LogP contribution is 2.18. The van der Waals surface area contributed by atoms with Gasteiger partial charge in [-0.3, -0.25) is 9.27 Å². The summed E-state index contributed by atoms with van der Waals surface area (Å²) in [7, 11) is 0. The van der Waals surface area contributed by atoms with Crippen LogP contribution in [0.15, 0.2) is 72.9 Å². The molecule has 2 N–H and O–H groups in total. The molecule has 0 aliphatic heterocycles. The largest absolute Gasteiger partial charge is 0.289 e. The summed E-state index contributed by atoms with van der Waals surface area (Å²) in [5, 5.41) is 2.51. The van der Waals surface area contributed by atoms with Crippen molar-refractivity contribution in [2.75, 3.05) is 0 Å². The van der Waals surface area contributed by atoms with Crippen LogP contribution in [-0.4, -0.2) is 8.76 Å². The van der Waals surface area contributed by atoms with E-state index in [4.69, 9.17) is 4.55 Å². The fraction of sp³-hybridized carbons (Fsp3) is 0.0526. The Morgan fingerprint density at radius 3 is 2.35 bits per heavy atom. The van der Waals surface area contributed by atoms with E-state index in [1.807, 2.05) is 12.1 Å². The molecule has 3 nitrogen and oxygen atoms in total. The van der Waals surface area contributed by atoms with Crippen LogP contribution >= 0.6 is 0 Å². The second-order valence-electron chi connectivity index (χ2n) is 5.30. The van der Waals surface area contributed by atoms with Crippen LogP contribution in [0.5, 0.6) is 0 Å². The standard InChI is InChI=1S/C19H17NO2S/c21-23(22)20-12-11-15-5-7-16(8-6-15)13-17-9-10-18-3-1-2-4-19(18)14-17/h1-12,14,20H,13H2,(H,21,22). The van der Waals surface area contributed by atoms with Crippen LogP contribution in [0.3, 0.4) is 0 Å². The molecule has 0 radical (unpaired) electrons. The predicted molar refractivity (Wildman–Crippen MR) is 96.1 cm³/mol. The number of hydrogen-bond acceptors (Lipinski definition) is 1. The lowest BCUT2D eigenvalue weighted by Crippen LogP contribution is -2.06. The third kappa shape index (κ3) is 4.28. The monoisotopic (exact) mass is 323 g/mol. The molecule has 0 saturated heterocycles. The molecule has 3 aromatic carbocycles. The number of nitrogens with one attached hydrogen (secondary N) is 1. The summed E-state index contributed by atoms with van der Waals surface area (Å²) in [6.45, 7) is 0. The van der Waals surface area contributed by atoms with E-state index in [-0.39, 0.29) is 0 Å². The minimum atomic E-state index is -2.02. The molecule has 23 heavy (non-hydrogen) atoms. The van der Waals surface area contributed by atoms with Gasteiger partial charge in [0.15, 0.2) is 0 Å². The molecule has 0 bridgehead atoms. The molecule has 4 heteroatoms. The summed E-state index contributed by atoms with van der Waals surface area (Å²) >= 11 is -2.02. The predicted octanol–water partition coefficient (Wildman–Crippen LogP) is 4.13. The molecule has 0 saturated carbocycles. The smallest absolute Gasteiger partial charge is 0.258 e. The van der Waals surface area contributed by atoms with Gasteiger partial charge in [-0.1, -0.05) is 66.7 Å². The molecule has 1 atom stereocenters. The van der Waals surface area contributed by atoms with Gasteiger partial charge in [-0.15, -0.1) is 0 Å². The average Bonchev–Trinajstić information content (AvgIpc) is 2.56. The van der Waals surface area contributed by atoms with Gasteiger partial charge in [0.05, 0.1) is 0 Å². The maximum atomic E-state index is 10.5. The molecule has 0 aliphatic carbocycles. The van der Waals surface area contributed by atoms with Gasteiger partial charge in [-0.05, 0) is 40.0 Å². The zero-order valence-corrected chi connectivity index (χ0v) is 13.3. The highest BCUT2D eigenvalue weighted by atomic mass is 32.2. The minimum Gasteiger partial charge on any atom is -0.289 e. The SMILES string of the molecule is O=S(O)NC=Cc1ccc(Cc2ccc3ccccc3c2)cc1. The van der Waals surface area contributed by atoms with Gasteiger partial charge >= 0.3 is 0 Å². The van der Waals surface area contributed by atoms with E-state index in [9.17, 15) is 4.21 Å². The molecule has 3 aromatic rings. The van der Waals surface area contributed by atoms with Crippen LogP contribution in [0.2, 0.25) is 0 Å². The molecule has 0 aliphatic rings. The Kier molecular flexibility index (Phi) is 4.86. The summed E-state index contributed by atoms with van der Waals surface area (Å²) in [5.74, 6) is 0. The molecule has 0 amide bonds. The summed E-state index contributed by atoms with van der Waals surface area (Å²) in [4.78, 5) is 0. The van der Waals surface area contributed by atoms with E-state index < -0.39 is 11.3 Å². The van der Waals surface area contributed by atoms with E-state index in [2.05, 4.69) is 59.3 Å². The van der Waals surface area contributed by atoms with Gasteiger partial charge in [0.2, 0.25) is 0 Å². The van der Waals surface area contributed by atoms with Crippen molar-refractivity contribution in [1.82, 2.24) is 4.72 Å².